The number of pyridine rings is 1. The Morgan fingerprint density at radius 2 is 2.20 bits per heavy atom. The van der Waals surface area contributed by atoms with Gasteiger partial charge in [0.2, 0.25) is 0 Å². The summed E-state index contributed by atoms with van der Waals surface area (Å²) in [6.45, 7) is 2.64. The molecule has 1 aliphatic carbocycles. The Hall–Kier alpha value is -1.42. The van der Waals surface area contributed by atoms with Gasteiger partial charge in [0.1, 0.15) is 6.04 Å². The molecule has 1 aromatic heterocycles. The van der Waals surface area contributed by atoms with Gasteiger partial charge in [-0.05, 0) is 44.2 Å². The van der Waals surface area contributed by atoms with Crippen molar-refractivity contribution in [1.82, 2.24) is 9.88 Å². The molecular weight excluding hydrogens is 252 g/mol. The Balaban J connectivity index is 1.82. The molecule has 2 fully saturated rings. The van der Waals surface area contributed by atoms with Crippen molar-refractivity contribution < 1.29 is 9.90 Å². The molecule has 0 bridgehead atoms. The van der Waals surface area contributed by atoms with Gasteiger partial charge in [0.15, 0.2) is 0 Å². The summed E-state index contributed by atoms with van der Waals surface area (Å²) in [6, 6.07) is 6.09. The first-order chi connectivity index (χ1) is 9.65. The van der Waals surface area contributed by atoms with Crippen molar-refractivity contribution in [3.05, 3.63) is 29.6 Å². The number of carboxylic acid groups (broad SMARTS) is 1. The van der Waals surface area contributed by atoms with E-state index < -0.39 is 5.97 Å². The maximum Gasteiger partial charge on any atom is 0.320 e. The molecule has 3 rings (SSSR count). The number of fused-ring (bicyclic) bond motifs is 1. The zero-order valence-electron chi connectivity index (χ0n) is 12.0. The third-order valence-electron chi connectivity index (χ3n) is 4.80. The number of nitrogens with zero attached hydrogens (tertiary/aromatic N) is 2. The molecule has 2 aliphatic rings. The smallest absolute Gasteiger partial charge is 0.320 e. The van der Waals surface area contributed by atoms with E-state index in [1.54, 1.807) is 0 Å². The fourth-order valence-electron chi connectivity index (χ4n) is 3.90. The third kappa shape index (κ3) is 2.57. The van der Waals surface area contributed by atoms with E-state index in [1.807, 2.05) is 25.1 Å². The van der Waals surface area contributed by atoms with Crippen molar-refractivity contribution >= 4 is 5.97 Å². The second-order valence-corrected chi connectivity index (χ2v) is 6.14. The van der Waals surface area contributed by atoms with Crippen molar-refractivity contribution in [1.29, 1.82) is 0 Å². The minimum Gasteiger partial charge on any atom is -0.480 e. The fraction of sp³-hybridized carbons (Fsp3) is 0.625. The van der Waals surface area contributed by atoms with Crippen LogP contribution in [0.2, 0.25) is 0 Å². The zero-order chi connectivity index (χ0) is 14.1. The molecule has 1 aromatic rings. The van der Waals surface area contributed by atoms with E-state index in [4.69, 9.17) is 0 Å². The average molecular weight is 274 g/mol. The molecule has 108 valence electrons. The predicted molar refractivity (Wildman–Crippen MR) is 76.3 cm³/mol. The SMILES string of the molecule is Cc1cccc(CN2C(C(=O)O)CC3CCCCC32)n1. The standard InChI is InChI=1S/C16H22N2O2/c1-11-5-4-7-13(17-11)10-18-14-8-3-2-6-12(14)9-15(18)16(19)20/h4-5,7,12,14-15H,2-3,6,8-10H2,1H3,(H,19,20). The topological polar surface area (TPSA) is 53.4 Å². The van der Waals surface area contributed by atoms with Crippen molar-refractivity contribution in [3.8, 4) is 0 Å². The molecular formula is C16H22N2O2. The highest BCUT2D eigenvalue weighted by Gasteiger charge is 2.45. The number of carboxylic acids is 1. The van der Waals surface area contributed by atoms with E-state index in [2.05, 4.69) is 9.88 Å². The van der Waals surface area contributed by atoms with Gasteiger partial charge in [-0.3, -0.25) is 14.7 Å². The quantitative estimate of drug-likeness (QED) is 0.920. The highest BCUT2D eigenvalue weighted by molar-refractivity contribution is 5.74. The molecule has 0 aromatic carbocycles. The Bertz CT molecular complexity index is 503. The molecule has 0 spiro atoms. The number of aliphatic carboxylic acids is 1. The minimum absolute atomic E-state index is 0.328. The minimum atomic E-state index is -0.674. The van der Waals surface area contributed by atoms with Gasteiger partial charge in [-0.2, -0.15) is 0 Å². The first kappa shape index (κ1) is 13.6. The predicted octanol–water partition coefficient (Wildman–Crippen LogP) is 2.61. The molecule has 4 nitrogen and oxygen atoms in total. The van der Waals surface area contributed by atoms with Gasteiger partial charge in [0.05, 0.1) is 5.69 Å². The Kier molecular flexibility index (Phi) is 3.74. The molecule has 2 heterocycles. The normalized spacial score (nSPS) is 30.1. The molecule has 0 amide bonds. The van der Waals surface area contributed by atoms with Gasteiger partial charge in [0.25, 0.3) is 0 Å². The maximum atomic E-state index is 11.6. The highest BCUT2D eigenvalue weighted by atomic mass is 16.4. The largest absolute Gasteiger partial charge is 0.480 e. The lowest BCUT2D eigenvalue weighted by Gasteiger charge is -2.32. The fourth-order valence-corrected chi connectivity index (χ4v) is 3.90. The summed E-state index contributed by atoms with van der Waals surface area (Å²) in [5.41, 5.74) is 1.98. The summed E-state index contributed by atoms with van der Waals surface area (Å²) in [5, 5.41) is 9.50. The lowest BCUT2D eigenvalue weighted by Crippen LogP contribution is -2.41. The van der Waals surface area contributed by atoms with Gasteiger partial charge < -0.3 is 5.11 Å². The number of carbonyl (C=O) groups is 1. The first-order valence-electron chi connectivity index (χ1n) is 7.56. The molecule has 4 heteroatoms. The first-order valence-corrected chi connectivity index (χ1v) is 7.56. The van der Waals surface area contributed by atoms with Crippen LogP contribution < -0.4 is 0 Å². The van der Waals surface area contributed by atoms with Crippen molar-refractivity contribution in [3.63, 3.8) is 0 Å². The molecule has 3 unspecified atom stereocenters. The van der Waals surface area contributed by atoms with Gasteiger partial charge in [0, 0.05) is 18.3 Å². The second-order valence-electron chi connectivity index (χ2n) is 6.14. The van der Waals surface area contributed by atoms with Crippen LogP contribution in [-0.2, 0) is 11.3 Å². The third-order valence-corrected chi connectivity index (χ3v) is 4.80. The van der Waals surface area contributed by atoms with Crippen LogP contribution in [0.4, 0.5) is 0 Å². The number of hydrogen-bond donors (Lipinski definition) is 1. The van der Waals surface area contributed by atoms with Crippen LogP contribution in [0.15, 0.2) is 18.2 Å². The molecule has 20 heavy (non-hydrogen) atoms. The summed E-state index contributed by atoms with van der Waals surface area (Å²) < 4.78 is 0. The van der Waals surface area contributed by atoms with Gasteiger partial charge in [-0.25, -0.2) is 0 Å². The molecule has 0 radical (unpaired) electrons. The van der Waals surface area contributed by atoms with Crippen LogP contribution in [0.25, 0.3) is 0 Å². The summed E-state index contributed by atoms with van der Waals surface area (Å²) >= 11 is 0. The van der Waals surface area contributed by atoms with E-state index in [1.165, 1.54) is 19.3 Å². The molecule has 3 atom stereocenters. The van der Waals surface area contributed by atoms with E-state index in [9.17, 15) is 9.90 Å². The van der Waals surface area contributed by atoms with Crippen LogP contribution in [0, 0.1) is 12.8 Å². The lowest BCUT2D eigenvalue weighted by molar-refractivity contribution is -0.142. The summed E-state index contributed by atoms with van der Waals surface area (Å²) in [7, 11) is 0. The number of likely N-dealkylation sites (tertiary alicyclic amines) is 1. The van der Waals surface area contributed by atoms with Crippen molar-refractivity contribution in [2.24, 2.45) is 5.92 Å². The second kappa shape index (κ2) is 5.52. The van der Waals surface area contributed by atoms with Gasteiger partial charge in [-0.15, -0.1) is 0 Å². The van der Waals surface area contributed by atoms with Crippen molar-refractivity contribution in [2.75, 3.05) is 0 Å². The summed E-state index contributed by atoms with van der Waals surface area (Å²) in [5.74, 6) is -0.110. The van der Waals surface area contributed by atoms with E-state index in [0.29, 0.717) is 18.5 Å². The van der Waals surface area contributed by atoms with E-state index in [0.717, 1.165) is 24.2 Å². The Morgan fingerprint density at radius 3 is 2.95 bits per heavy atom. The van der Waals surface area contributed by atoms with Gasteiger partial charge in [-0.1, -0.05) is 18.9 Å². The maximum absolute atomic E-state index is 11.6. The molecule has 1 saturated carbocycles. The van der Waals surface area contributed by atoms with Crippen LogP contribution in [0.1, 0.15) is 43.5 Å². The van der Waals surface area contributed by atoms with E-state index in [-0.39, 0.29) is 6.04 Å². The Morgan fingerprint density at radius 1 is 1.40 bits per heavy atom. The van der Waals surface area contributed by atoms with Gasteiger partial charge >= 0.3 is 5.97 Å². The number of rotatable bonds is 3. The van der Waals surface area contributed by atoms with Crippen LogP contribution in [-0.4, -0.2) is 33.0 Å². The average Bonchev–Trinajstić information content (AvgIpc) is 2.78. The number of aryl methyl sites for hydroxylation is 1. The monoisotopic (exact) mass is 274 g/mol. The summed E-state index contributed by atoms with van der Waals surface area (Å²) in [6.07, 6.45) is 5.62. The Labute approximate surface area is 119 Å². The molecule has 1 aliphatic heterocycles. The molecule has 1 saturated heterocycles. The van der Waals surface area contributed by atoms with E-state index >= 15 is 0 Å². The van der Waals surface area contributed by atoms with Crippen LogP contribution in [0.3, 0.4) is 0 Å². The highest BCUT2D eigenvalue weighted by Crippen LogP contribution is 2.40. The van der Waals surface area contributed by atoms with Crippen molar-refractivity contribution in [2.45, 2.75) is 57.7 Å². The van der Waals surface area contributed by atoms with Crippen LogP contribution >= 0.6 is 0 Å². The molecule has 1 N–H and O–H groups in total. The lowest BCUT2D eigenvalue weighted by atomic mass is 9.85. The number of aromatic nitrogens is 1. The van der Waals surface area contributed by atoms with Crippen LogP contribution in [0.5, 0.6) is 0 Å². The number of hydrogen-bond acceptors (Lipinski definition) is 3. The summed E-state index contributed by atoms with van der Waals surface area (Å²) in [4.78, 5) is 18.3. The zero-order valence-corrected chi connectivity index (χ0v) is 12.0.